The van der Waals surface area contributed by atoms with E-state index in [4.69, 9.17) is 12.2 Å². The van der Waals surface area contributed by atoms with E-state index in [0.29, 0.717) is 9.60 Å². The fourth-order valence-corrected chi connectivity index (χ4v) is 5.11. The lowest BCUT2D eigenvalue weighted by atomic mass is 10.1. The van der Waals surface area contributed by atoms with Crippen LogP contribution < -0.4 is 10.7 Å². The predicted molar refractivity (Wildman–Crippen MR) is 121 cm³/mol. The standard InChI is InChI=1S/C21H16FN3O3S3/c1-11-7-8-13(9-12(11)2)24-18-17(31-21(24)29)19(28)25(15-6-4-3-5-14(15)22)20(23-18)30-10-16(26)27/h3-9H,10H2,1-2H3,(H,26,27)/p-1. The number of hydrogen-bond acceptors (Lipinski definition) is 7. The number of aromatic nitrogens is 3. The molecular weight excluding hydrogens is 457 g/mol. The van der Waals surface area contributed by atoms with Gasteiger partial charge in [0.05, 0.1) is 11.7 Å². The molecule has 0 saturated carbocycles. The molecule has 2 heterocycles. The Balaban J connectivity index is 2.05. The highest BCUT2D eigenvalue weighted by Gasteiger charge is 2.20. The Hall–Kier alpha value is -2.82. The van der Waals surface area contributed by atoms with Gasteiger partial charge in [0.15, 0.2) is 14.8 Å². The molecule has 0 aliphatic rings. The zero-order chi connectivity index (χ0) is 22.3. The van der Waals surface area contributed by atoms with Crippen LogP contribution in [0.1, 0.15) is 11.1 Å². The molecule has 0 saturated heterocycles. The normalized spacial score (nSPS) is 11.2. The number of carboxylic acids is 1. The van der Waals surface area contributed by atoms with Gasteiger partial charge in [0.25, 0.3) is 5.56 Å². The monoisotopic (exact) mass is 472 g/mol. The molecule has 2 aromatic heterocycles. The SMILES string of the molecule is Cc1ccc(-n2c(=S)sc3c(=O)n(-c4ccccc4F)c(SCC(=O)[O-])nc32)cc1C. The van der Waals surface area contributed by atoms with Crippen molar-refractivity contribution in [3.05, 3.63) is 73.7 Å². The molecule has 2 aromatic carbocycles. The first-order valence-electron chi connectivity index (χ1n) is 9.11. The number of rotatable bonds is 5. The third-order valence-electron chi connectivity index (χ3n) is 4.74. The number of thiazole rings is 1. The molecule has 0 radical (unpaired) electrons. The largest absolute Gasteiger partial charge is 0.549 e. The average Bonchev–Trinajstić information content (AvgIpc) is 3.06. The van der Waals surface area contributed by atoms with Gasteiger partial charge in [-0.05, 0) is 61.5 Å². The average molecular weight is 473 g/mol. The van der Waals surface area contributed by atoms with E-state index in [9.17, 15) is 19.1 Å². The summed E-state index contributed by atoms with van der Waals surface area (Å²) in [6, 6.07) is 11.5. The number of carbonyl (C=O) groups is 1. The molecule has 0 aliphatic carbocycles. The Morgan fingerprint density at radius 2 is 1.94 bits per heavy atom. The number of aliphatic carboxylic acids is 1. The first-order chi connectivity index (χ1) is 14.8. The quantitative estimate of drug-likeness (QED) is 0.251. The van der Waals surface area contributed by atoms with E-state index in [2.05, 4.69) is 4.98 Å². The van der Waals surface area contributed by atoms with Crippen molar-refractivity contribution in [1.82, 2.24) is 14.1 Å². The van der Waals surface area contributed by atoms with E-state index < -0.39 is 23.1 Å². The zero-order valence-corrected chi connectivity index (χ0v) is 18.9. The van der Waals surface area contributed by atoms with Crippen molar-refractivity contribution in [2.45, 2.75) is 19.0 Å². The van der Waals surface area contributed by atoms with Crippen LogP contribution >= 0.6 is 35.3 Å². The van der Waals surface area contributed by atoms with Crippen LogP contribution in [0.2, 0.25) is 0 Å². The van der Waals surface area contributed by atoms with Crippen molar-refractivity contribution in [2.75, 3.05) is 5.75 Å². The maximum absolute atomic E-state index is 14.5. The Morgan fingerprint density at radius 1 is 1.19 bits per heavy atom. The van der Waals surface area contributed by atoms with Crippen LogP contribution in [0.3, 0.4) is 0 Å². The van der Waals surface area contributed by atoms with Gasteiger partial charge in [0.2, 0.25) is 0 Å². The van der Waals surface area contributed by atoms with Gasteiger partial charge in [-0.3, -0.25) is 13.9 Å². The summed E-state index contributed by atoms with van der Waals surface area (Å²) in [5, 5.41) is 11.1. The molecule has 0 amide bonds. The second kappa shape index (κ2) is 8.37. The molecule has 6 nitrogen and oxygen atoms in total. The minimum absolute atomic E-state index is 0.0141. The van der Waals surface area contributed by atoms with Gasteiger partial charge in [-0.15, -0.1) is 0 Å². The van der Waals surface area contributed by atoms with Crippen molar-refractivity contribution in [3.63, 3.8) is 0 Å². The molecule has 10 heteroatoms. The number of fused-ring (bicyclic) bond motifs is 1. The summed E-state index contributed by atoms with van der Waals surface area (Å²) < 4.78 is 17.9. The first kappa shape index (κ1) is 21.4. The molecule has 0 unspecified atom stereocenters. The number of carbonyl (C=O) groups excluding carboxylic acids is 1. The van der Waals surface area contributed by atoms with Gasteiger partial charge in [-0.25, -0.2) is 9.37 Å². The number of carboxylic acid groups (broad SMARTS) is 1. The lowest BCUT2D eigenvalue weighted by Gasteiger charge is -2.14. The second-order valence-corrected chi connectivity index (χ2v) is 9.36. The highest BCUT2D eigenvalue weighted by molar-refractivity contribution is 7.99. The zero-order valence-electron chi connectivity index (χ0n) is 16.4. The highest BCUT2D eigenvalue weighted by Crippen LogP contribution is 2.28. The van der Waals surface area contributed by atoms with Crippen LogP contribution in [-0.2, 0) is 4.79 Å². The third kappa shape index (κ3) is 3.93. The lowest BCUT2D eigenvalue weighted by Crippen LogP contribution is -2.26. The van der Waals surface area contributed by atoms with Crippen LogP contribution in [0.4, 0.5) is 4.39 Å². The van der Waals surface area contributed by atoms with Crippen LogP contribution in [0, 0.1) is 23.6 Å². The van der Waals surface area contributed by atoms with Crippen molar-refractivity contribution >= 4 is 51.6 Å². The fourth-order valence-electron chi connectivity index (χ4n) is 3.09. The Morgan fingerprint density at radius 3 is 2.61 bits per heavy atom. The van der Waals surface area contributed by atoms with E-state index in [1.54, 1.807) is 10.6 Å². The van der Waals surface area contributed by atoms with E-state index in [0.717, 1.165) is 44.5 Å². The minimum atomic E-state index is -1.32. The van der Waals surface area contributed by atoms with Gasteiger partial charge in [-0.2, -0.15) is 0 Å². The number of hydrogen-bond donors (Lipinski definition) is 0. The Labute approximate surface area is 189 Å². The lowest BCUT2D eigenvalue weighted by molar-refractivity contribution is -0.301. The van der Waals surface area contributed by atoms with Crippen LogP contribution in [-0.4, -0.2) is 25.8 Å². The summed E-state index contributed by atoms with van der Waals surface area (Å²) in [7, 11) is 0. The molecule has 158 valence electrons. The minimum Gasteiger partial charge on any atom is -0.549 e. The molecule has 4 rings (SSSR count). The van der Waals surface area contributed by atoms with Crippen molar-refractivity contribution in [1.29, 1.82) is 0 Å². The van der Waals surface area contributed by atoms with E-state index in [1.165, 1.54) is 18.2 Å². The summed E-state index contributed by atoms with van der Waals surface area (Å²) in [5.41, 5.74) is 2.66. The Kier molecular flexibility index (Phi) is 5.78. The van der Waals surface area contributed by atoms with Crippen molar-refractivity contribution in [3.8, 4) is 11.4 Å². The molecule has 0 spiro atoms. The van der Waals surface area contributed by atoms with Gasteiger partial charge < -0.3 is 9.90 Å². The number of halogens is 1. The van der Waals surface area contributed by atoms with E-state index in [1.807, 2.05) is 32.0 Å². The van der Waals surface area contributed by atoms with E-state index in [-0.39, 0.29) is 15.5 Å². The predicted octanol–water partition coefficient (Wildman–Crippen LogP) is 3.57. The van der Waals surface area contributed by atoms with Gasteiger partial charge in [0.1, 0.15) is 10.5 Å². The number of thioether (sulfide) groups is 1. The number of aryl methyl sites for hydroxylation is 2. The molecule has 31 heavy (non-hydrogen) atoms. The maximum atomic E-state index is 14.5. The van der Waals surface area contributed by atoms with E-state index >= 15 is 0 Å². The summed E-state index contributed by atoms with van der Waals surface area (Å²) in [6.45, 7) is 3.96. The summed E-state index contributed by atoms with van der Waals surface area (Å²) in [5.74, 6) is -2.39. The van der Waals surface area contributed by atoms with Gasteiger partial charge >= 0.3 is 0 Å². The molecule has 0 N–H and O–H groups in total. The second-order valence-electron chi connectivity index (χ2n) is 6.77. The molecule has 4 aromatic rings. The van der Waals surface area contributed by atoms with Crippen LogP contribution in [0.25, 0.3) is 21.7 Å². The third-order valence-corrected chi connectivity index (χ3v) is 7.00. The van der Waals surface area contributed by atoms with Crippen molar-refractivity contribution in [2.24, 2.45) is 0 Å². The van der Waals surface area contributed by atoms with Crippen LogP contribution in [0.5, 0.6) is 0 Å². The molecule has 0 atom stereocenters. The topological polar surface area (TPSA) is 80.0 Å². The Bertz CT molecular complexity index is 1460. The molecule has 0 fully saturated rings. The summed E-state index contributed by atoms with van der Waals surface area (Å²) in [4.78, 5) is 29.0. The molecule has 0 aliphatic heterocycles. The summed E-state index contributed by atoms with van der Waals surface area (Å²) >= 11 is 7.38. The molecule has 0 bridgehead atoms. The smallest absolute Gasteiger partial charge is 0.278 e. The number of para-hydroxylation sites is 1. The van der Waals surface area contributed by atoms with Gasteiger partial charge in [-0.1, -0.05) is 41.3 Å². The first-order valence-corrected chi connectivity index (χ1v) is 11.3. The van der Waals surface area contributed by atoms with Crippen molar-refractivity contribution < 1.29 is 14.3 Å². The maximum Gasteiger partial charge on any atom is 0.278 e. The van der Waals surface area contributed by atoms with Gasteiger partial charge in [0, 0.05) is 11.4 Å². The fraction of sp³-hybridized carbons (Fsp3) is 0.143. The molecular formula is C21H15FN3O3S3-. The number of benzene rings is 2. The highest BCUT2D eigenvalue weighted by atomic mass is 32.2. The van der Waals surface area contributed by atoms with Crippen LogP contribution in [0.15, 0.2) is 52.4 Å². The summed E-state index contributed by atoms with van der Waals surface area (Å²) in [6.07, 6.45) is 0. The number of nitrogens with zero attached hydrogens (tertiary/aromatic N) is 3.